The summed E-state index contributed by atoms with van der Waals surface area (Å²) in [5.74, 6) is 0.562. The maximum Gasteiger partial charge on any atom is 0.0690 e. The highest BCUT2D eigenvalue weighted by Crippen LogP contribution is 2.57. The molecule has 1 saturated heterocycles. The number of rotatable bonds is 2. The van der Waals surface area contributed by atoms with E-state index in [4.69, 9.17) is 10.5 Å². The summed E-state index contributed by atoms with van der Waals surface area (Å²) < 4.78 is 5.96. The number of hydrogen-bond donors (Lipinski definition) is 1. The van der Waals surface area contributed by atoms with Crippen LogP contribution < -0.4 is 5.73 Å². The predicted octanol–water partition coefficient (Wildman–Crippen LogP) is 1.78. The average Bonchev–Trinajstić information content (AvgIpc) is 2.40. The Morgan fingerprint density at radius 3 is 2.94 bits per heavy atom. The molecule has 3 atom stereocenters. The summed E-state index contributed by atoms with van der Waals surface area (Å²) in [7, 11) is 0. The molecular formula is C15H26N2O. The number of fused-ring (bicyclic) bond motifs is 1. The Bertz CT molecular complexity index is 352. The normalized spacial score (nSPS) is 43.3. The summed E-state index contributed by atoms with van der Waals surface area (Å²) in [6.07, 6.45) is 8.52. The third-order valence-electron chi connectivity index (χ3n) is 5.52. The third kappa shape index (κ3) is 1.68. The largest absolute Gasteiger partial charge is 0.377 e. The molecule has 0 amide bonds. The lowest BCUT2D eigenvalue weighted by molar-refractivity contribution is -0.231. The molecule has 0 aromatic carbocycles. The van der Waals surface area contributed by atoms with E-state index in [1.807, 2.05) is 0 Å². The van der Waals surface area contributed by atoms with Crippen molar-refractivity contribution in [2.24, 2.45) is 17.1 Å². The van der Waals surface area contributed by atoms with Crippen LogP contribution in [0.5, 0.6) is 0 Å². The molecule has 1 aliphatic carbocycles. The lowest BCUT2D eigenvalue weighted by Crippen LogP contribution is -2.80. The SMILES string of the molecule is CC1(C)C2OCCCC2C1(N)CN1CC=CCC1. The van der Waals surface area contributed by atoms with Gasteiger partial charge in [-0.15, -0.1) is 0 Å². The summed E-state index contributed by atoms with van der Waals surface area (Å²) in [5, 5.41) is 0. The van der Waals surface area contributed by atoms with Crippen LogP contribution in [0.2, 0.25) is 0 Å². The van der Waals surface area contributed by atoms with Crippen molar-refractivity contribution in [3.63, 3.8) is 0 Å². The van der Waals surface area contributed by atoms with Gasteiger partial charge in [-0.3, -0.25) is 4.90 Å². The minimum atomic E-state index is -0.0662. The van der Waals surface area contributed by atoms with E-state index < -0.39 is 0 Å². The van der Waals surface area contributed by atoms with E-state index >= 15 is 0 Å². The topological polar surface area (TPSA) is 38.5 Å². The molecule has 3 rings (SSSR count). The van der Waals surface area contributed by atoms with Crippen LogP contribution in [0.25, 0.3) is 0 Å². The van der Waals surface area contributed by atoms with Crippen LogP contribution >= 0.6 is 0 Å². The molecule has 1 saturated carbocycles. The molecule has 3 nitrogen and oxygen atoms in total. The predicted molar refractivity (Wildman–Crippen MR) is 73.4 cm³/mol. The van der Waals surface area contributed by atoms with E-state index in [1.54, 1.807) is 0 Å². The van der Waals surface area contributed by atoms with Crippen molar-refractivity contribution in [3.05, 3.63) is 12.2 Å². The average molecular weight is 250 g/mol. The third-order valence-corrected chi connectivity index (χ3v) is 5.52. The molecule has 0 aromatic rings. The molecule has 2 N–H and O–H groups in total. The van der Waals surface area contributed by atoms with Gasteiger partial charge in [0, 0.05) is 43.1 Å². The molecule has 18 heavy (non-hydrogen) atoms. The lowest BCUT2D eigenvalue weighted by Gasteiger charge is -2.67. The van der Waals surface area contributed by atoms with Crippen molar-refractivity contribution in [1.29, 1.82) is 0 Å². The van der Waals surface area contributed by atoms with Crippen molar-refractivity contribution in [1.82, 2.24) is 4.90 Å². The first kappa shape index (κ1) is 12.6. The summed E-state index contributed by atoms with van der Waals surface area (Å²) in [5.41, 5.74) is 6.86. The molecule has 2 aliphatic heterocycles. The first-order valence-corrected chi connectivity index (χ1v) is 7.33. The molecule has 3 unspecified atom stereocenters. The molecule has 0 spiro atoms. The minimum absolute atomic E-state index is 0.0662. The summed E-state index contributed by atoms with van der Waals surface area (Å²) in [6, 6.07) is 0. The molecule has 102 valence electrons. The van der Waals surface area contributed by atoms with Gasteiger partial charge in [0.15, 0.2) is 0 Å². The zero-order valence-electron chi connectivity index (χ0n) is 11.7. The fourth-order valence-electron chi connectivity index (χ4n) is 4.19. The Morgan fingerprint density at radius 1 is 1.39 bits per heavy atom. The number of hydrogen-bond acceptors (Lipinski definition) is 3. The van der Waals surface area contributed by atoms with Gasteiger partial charge in [-0.1, -0.05) is 26.0 Å². The molecule has 3 aliphatic rings. The van der Waals surface area contributed by atoms with Crippen molar-refractivity contribution >= 4 is 0 Å². The smallest absolute Gasteiger partial charge is 0.0690 e. The van der Waals surface area contributed by atoms with Crippen LogP contribution in [0.15, 0.2) is 12.2 Å². The van der Waals surface area contributed by atoms with Gasteiger partial charge in [0.05, 0.1) is 6.10 Å². The molecule has 0 radical (unpaired) electrons. The van der Waals surface area contributed by atoms with E-state index in [1.165, 1.54) is 19.3 Å². The second kappa shape index (κ2) is 4.32. The van der Waals surface area contributed by atoms with Crippen molar-refractivity contribution in [2.45, 2.75) is 44.8 Å². The maximum absolute atomic E-state index is 6.82. The first-order chi connectivity index (χ1) is 8.56. The summed E-state index contributed by atoms with van der Waals surface area (Å²) in [4.78, 5) is 2.51. The molecular weight excluding hydrogens is 224 g/mol. The van der Waals surface area contributed by atoms with E-state index in [2.05, 4.69) is 30.9 Å². The molecule has 2 heterocycles. The van der Waals surface area contributed by atoms with E-state index in [0.717, 1.165) is 26.2 Å². The number of nitrogens with zero attached hydrogens (tertiary/aromatic N) is 1. The highest BCUT2D eigenvalue weighted by molar-refractivity contribution is 5.21. The summed E-state index contributed by atoms with van der Waals surface area (Å²) in [6.45, 7) is 8.75. The molecule has 3 heteroatoms. The van der Waals surface area contributed by atoms with Gasteiger partial charge in [0.1, 0.15) is 0 Å². The van der Waals surface area contributed by atoms with Crippen molar-refractivity contribution in [3.8, 4) is 0 Å². The Morgan fingerprint density at radius 2 is 2.22 bits per heavy atom. The van der Waals surface area contributed by atoms with Gasteiger partial charge >= 0.3 is 0 Å². The quantitative estimate of drug-likeness (QED) is 0.759. The van der Waals surface area contributed by atoms with Gasteiger partial charge in [0.25, 0.3) is 0 Å². The van der Waals surface area contributed by atoms with Crippen LogP contribution in [0, 0.1) is 11.3 Å². The zero-order valence-corrected chi connectivity index (χ0v) is 11.7. The van der Waals surface area contributed by atoms with Gasteiger partial charge in [-0.2, -0.15) is 0 Å². The van der Waals surface area contributed by atoms with E-state index in [0.29, 0.717) is 12.0 Å². The second-order valence-electron chi connectivity index (χ2n) is 6.80. The van der Waals surface area contributed by atoms with Crippen LogP contribution in [0.1, 0.15) is 33.1 Å². The van der Waals surface area contributed by atoms with Crippen LogP contribution in [-0.2, 0) is 4.74 Å². The Kier molecular flexibility index (Phi) is 3.04. The van der Waals surface area contributed by atoms with E-state index in [9.17, 15) is 0 Å². The second-order valence-corrected chi connectivity index (χ2v) is 6.80. The fraction of sp³-hybridized carbons (Fsp3) is 0.867. The molecule has 0 aromatic heterocycles. The van der Waals surface area contributed by atoms with Crippen LogP contribution in [-0.4, -0.2) is 42.8 Å². The van der Waals surface area contributed by atoms with Crippen molar-refractivity contribution < 1.29 is 4.74 Å². The summed E-state index contributed by atoms with van der Waals surface area (Å²) >= 11 is 0. The van der Waals surface area contributed by atoms with Gasteiger partial charge < -0.3 is 10.5 Å². The number of ether oxygens (including phenoxy) is 1. The molecule has 2 fully saturated rings. The monoisotopic (exact) mass is 250 g/mol. The van der Waals surface area contributed by atoms with Gasteiger partial charge in [-0.05, 0) is 19.3 Å². The lowest BCUT2D eigenvalue weighted by atomic mass is 9.46. The highest BCUT2D eigenvalue weighted by Gasteiger charge is 2.66. The van der Waals surface area contributed by atoms with Gasteiger partial charge in [-0.25, -0.2) is 0 Å². The minimum Gasteiger partial charge on any atom is -0.377 e. The van der Waals surface area contributed by atoms with Crippen LogP contribution in [0.4, 0.5) is 0 Å². The Labute approximate surface area is 110 Å². The van der Waals surface area contributed by atoms with Crippen molar-refractivity contribution in [2.75, 3.05) is 26.2 Å². The zero-order chi connectivity index (χ0) is 12.8. The Balaban J connectivity index is 1.74. The maximum atomic E-state index is 6.82. The van der Waals surface area contributed by atoms with E-state index in [-0.39, 0.29) is 11.0 Å². The highest BCUT2D eigenvalue weighted by atomic mass is 16.5. The number of nitrogens with two attached hydrogens (primary N) is 1. The first-order valence-electron chi connectivity index (χ1n) is 7.33. The Hall–Kier alpha value is -0.380. The fourth-order valence-corrected chi connectivity index (χ4v) is 4.19. The standard InChI is InChI=1S/C15H26N2O/c1-14(2)13-12(7-6-10-18-13)15(14,16)11-17-8-4-3-5-9-17/h3-4,12-13H,5-11,16H2,1-2H3. The van der Waals surface area contributed by atoms with Gasteiger partial charge in [0.2, 0.25) is 0 Å². The molecule has 0 bridgehead atoms. The van der Waals surface area contributed by atoms with Crippen LogP contribution in [0.3, 0.4) is 0 Å².